The highest BCUT2D eigenvalue weighted by Crippen LogP contribution is 2.11. The number of benzene rings is 1. The molecule has 1 rings (SSSR count). The zero-order chi connectivity index (χ0) is 13.4. The van der Waals surface area contributed by atoms with Crippen LogP contribution in [0, 0.1) is 0 Å². The van der Waals surface area contributed by atoms with Crippen molar-refractivity contribution in [1.29, 1.82) is 0 Å². The molecule has 1 atom stereocenters. The molecule has 4 nitrogen and oxygen atoms in total. The Balaban J connectivity index is 2.30. The summed E-state index contributed by atoms with van der Waals surface area (Å²) in [6, 6.07) is 9.70. The molecule has 18 heavy (non-hydrogen) atoms. The molecular formula is C13H17NO3S. The van der Waals surface area contributed by atoms with Gasteiger partial charge in [-0.25, -0.2) is 0 Å². The zero-order valence-corrected chi connectivity index (χ0v) is 11.3. The van der Waals surface area contributed by atoms with Gasteiger partial charge in [-0.15, -0.1) is 11.8 Å². The number of thioether (sulfide) groups is 1. The maximum absolute atomic E-state index is 11.6. The van der Waals surface area contributed by atoms with E-state index in [0.717, 1.165) is 5.56 Å². The van der Waals surface area contributed by atoms with E-state index in [1.807, 2.05) is 37.3 Å². The second kappa shape index (κ2) is 7.76. The molecule has 0 heterocycles. The van der Waals surface area contributed by atoms with E-state index in [1.54, 1.807) is 0 Å². The van der Waals surface area contributed by atoms with E-state index >= 15 is 0 Å². The molecule has 1 aromatic carbocycles. The van der Waals surface area contributed by atoms with Crippen LogP contribution in [0.2, 0.25) is 0 Å². The van der Waals surface area contributed by atoms with Crippen molar-refractivity contribution in [1.82, 2.24) is 5.32 Å². The summed E-state index contributed by atoms with van der Waals surface area (Å²) in [6.07, 6.45) is 0. The van der Waals surface area contributed by atoms with E-state index < -0.39 is 0 Å². The molecule has 98 valence electrons. The molecule has 0 saturated heterocycles. The van der Waals surface area contributed by atoms with E-state index in [-0.39, 0.29) is 29.4 Å². The molecule has 0 saturated carbocycles. The van der Waals surface area contributed by atoms with Gasteiger partial charge < -0.3 is 10.1 Å². The van der Waals surface area contributed by atoms with Gasteiger partial charge in [0.25, 0.3) is 0 Å². The van der Waals surface area contributed by atoms with Crippen molar-refractivity contribution in [2.45, 2.75) is 13.0 Å². The lowest BCUT2D eigenvalue weighted by Gasteiger charge is -2.13. The van der Waals surface area contributed by atoms with Gasteiger partial charge in [0.2, 0.25) is 5.91 Å². The fourth-order valence-corrected chi connectivity index (χ4v) is 2.05. The molecule has 1 N–H and O–H groups in total. The summed E-state index contributed by atoms with van der Waals surface area (Å²) in [5.41, 5.74) is 1.06. The quantitative estimate of drug-likeness (QED) is 0.798. The Morgan fingerprint density at radius 3 is 2.56 bits per heavy atom. The van der Waals surface area contributed by atoms with Crippen molar-refractivity contribution >= 4 is 23.6 Å². The third kappa shape index (κ3) is 5.23. The summed E-state index contributed by atoms with van der Waals surface area (Å²) >= 11 is 1.24. The number of esters is 1. The topological polar surface area (TPSA) is 55.4 Å². The van der Waals surface area contributed by atoms with Crippen molar-refractivity contribution in [3.63, 3.8) is 0 Å². The summed E-state index contributed by atoms with van der Waals surface area (Å²) in [4.78, 5) is 22.5. The number of methoxy groups -OCH3 is 1. The highest BCUT2D eigenvalue weighted by molar-refractivity contribution is 8.00. The number of hydrogen-bond acceptors (Lipinski definition) is 4. The average molecular weight is 267 g/mol. The molecule has 0 aromatic heterocycles. The maximum atomic E-state index is 11.6. The van der Waals surface area contributed by atoms with Crippen molar-refractivity contribution in [3.05, 3.63) is 35.9 Å². The lowest BCUT2D eigenvalue weighted by Crippen LogP contribution is -2.28. The smallest absolute Gasteiger partial charge is 0.315 e. The summed E-state index contributed by atoms with van der Waals surface area (Å²) < 4.78 is 4.49. The summed E-state index contributed by atoms with van der Waals surface area (Å²) in [7, 11) is 1.33. The summed E-state index contributed by atoms with van der Waals surface area (Å²) in [6.45, 7) is 1.93. The predicted molar refractivity (Wildman–Crippen MR) is 72.3 cm³/mol. The van der Waals surface area contributed by atoms with Crippen molar-refractivity contribution in [2.24, 2.45) is 0 Å². The van der Waals surface area contributed by atoms with Crippen LogP contribution in [-0.2, 0) is 14.3 Å². The minimum atomic E-state index is -0.316. The van der Waals surface area contributed by atoms with Gasteiger partial charge in [-0.3, -0.25) is 9.59 Å². The first-order valence-electron chi connectivity index (χ1n) is 5.62. The SMILES string of the molecule is COC(=O)CSCC(=O)NC(C)c1ccccc1. The predicted octanol–water partition coefficient (Wildman–Crippen LogP) is 1.77. The molecule has 0 aliphatic carbocycles. The summed E-state index contributed by atoms with van der Waals surface area (Å²) in [5, 5.41) is 2.88. The van der Waals surface area contributed by atoms with Crippen LogP contribution in [-0.4, -0.2) is 30.5 Å². The third-order valence-corrected chi connectivity index (χ3v) is 3.26. The van der Waals surface area contributed by atoms with E-state index in [0.29, 0.717) is 0 Å². The highest BCUT2D eigenvalue weighted by atomic mass is 32.2. The Bertz CT molecular complexity index is 394. The Labute approximate surface area is 111 Å². The molecule has 0 radical (unpaired) electrons. The molecule has 1 aromatic rings. The molecule has 1 unspecified atom stereocenters. The molecule has 0 spiro atoms. The van der Waals surface area contributed by atoms with Crippen molar-refractivity contribution < 1.29 is 14.3 Å². The van der Waals surface area contributed by atoms with Crippen LogP contribution < -0.4 is 5.32 Å². The van der Waals surface area contributed by atoms with Gasteiger partial charge in [-0.05, 0) is 12.5 Å². The van der Waals surface area contributed by atoms with Gasteiger partial charge in [0.15, 0.2) is 0 Å². The van der Waals surface area contributed by atoms with Crippen LogP contribution >= 0.6 is 11.8 Å². The van der Waals surface area contributed by atoms with Crippen LogP contribution in [0.5, 0.6) is 0 Å². The highest BCUT2D eigenvalue weighted by Gasteiger charge is 2.10. The summed E-state index contributed by atoms with van der Waals surface area (Å²) in [5.74, 6) is 0.0554. The van der Waals surface area contributed by atoms with Crippen LogP contribution in [0.25, 0.3) is 0 Å². The number of carbonyl (C=O) groups is 2. The lowest BCUT2D eigenvalue weighted by molar-refractivity contribution is -0.137. The standard InChI is InChI=1S/C13H17NO3S/c1-10(11-6-4-3-5-7-11)14-12(15)8-18-9-13(16)17-2/h3-7,10H,8-9H2,1-2H3,(H,14,15). The molecule has 0 aliphatic rings. The van der Waals surface area contributed by atoms with E-state index in [9.17, 15) is 9.59 Å². The Kier molecular flexibility index (Phi) is 6.28. The van der Waals surface area contributed by atoms with Gasteiger partial charge in [0.1, 0.15) is 0 Å². The normalized spacial score (nSPS) is 11.7. The van der Waals surface area contributed by atoms with Crippen LogP contribution in [0.15, 0.2) is 30.3 Å². The van der Waals surface area contributed by atoms with E-state index in [2.05, 4.69) is 10.1 Å². The Hall–Kier alpha value is -1.49. The fraction of sp³-hybridized carbons (Fsp3) is 0.385. The number of rotatable bonds is 6. The number of amides is 1. The molecule has 0 fully saturated rings. The molecule has 0 bridgehead atoms. The van der Waals surface area contributed by atoms with Gasteiger partial charge in [-0.1, -0.05) is 30.3 Å². The first kappa shape index (κ1) is 14.6. The lowest BCUT2D eigenvalue weighted by atomic mass is 10.1. The van der Waals surface area contributed by atoms with Gasteiger partial charge in [0.05, 0.1) is 24.7 Å². The largest absolute Gasteiger partial charge is 0.468 e. The number of carbonyl (C=O) groups excluding carboxylic acids is 2. The second-order valence-corrected chi connectivity index (χ2v) is 4.75. The number of ether oxygens (including phenoxy) is 1. The average Bonchev–Trinajstić information content (AvgIpc) is 2.39. The van der Waals surface area contributed by atoms with E-state index in [4.69, 9.17) is 0 Å². The monoisotopic (exact) mass is 267 g/mol. The van der Waals surface area contributed by atoms with Crippen LogP contribution in [0.3, 0.4) is 0 Å². The minimum Gasteiger partial charge on any atom is -0.468 e. The van der Waals surface area contributed by atoms with E-state index in [1.165, 1.54) is 18.9 Å². The maximum Gasteiger partial charge on any atom is 0.315 e. The number of nitrogens with one attached hydrogen (secondary N) is 1. The van der Waals surface area contributed by atoms with Crippen LogP contribution in [0.1, 0.15) is 18.5 Å². The van der Waals surface area contributed by atoms with Crippen molar-refractivity contribution in [3.8, 4) is 0 Å². The molecule has 1 amide bonds. The first-order valence-corrected chi connectivity index (χ1v) is 6.78. The molecule has 5 heteroatoms. The first-order chi connectivity index (χ1) is 8.63. The number of hydrogen-bond donors (Lipinski definition) is 1. The third-order valence-electron chi connectivity index (χ3n) is 2.36. The van der Waals surface area contributed by atoms with Gasteiger partial charge in [-0.2, -0.15) is 0 Å². The minimum absolute atomic E-state index is 0.0302. The molecule has 0 aliphatic heterocycles. The second-order valence-electron chi connectivity index (χ2n) is 3.77. The fourth-order valence-electron chi connectivity index (χ4n) is 1.39. The Morgan fingerprint density at radius 2 is 1.94 bits per heavy atom. The van der Waals surface area contributed by atoms with Gasteiger partial charge in [0, 0.05) is 0 Å². The Morgan fingerprint density at radius 1 is 1.28 bits per heavy atom. The van der Waals surface area contributed by atoms with Crippen molar-refractivity contribution in [2.75, 3.05) is 18.6 Å². The van der Waals surface area contributed by atoms with Gasteiger partial charge >= 0.3 is 5.97 Å². The molecular weight excluding hydrogens is 250 g/mol. The zero-order valence-electron chi connectivity index (χ0n) is 10.5. The van der Waals surface area contributed by atoms with Crippen LogP contribution in [0.4, 0.5) is 0 Å².